The Morgan fingerprint density at radius 1 is 1.39 bits per heavy atom. The molecule has 2 N–H and O–H groups in total. The highest BCUT2D eigenvalue weighted by Gasteiger charge is 2.30. The number of hydrogen-bond donors (Lipinski definition) is 2. The number of amides is 1. The average Bonchev–Trinajstić information content (AvgIpc) is 2.60. The van der Waals surface area contributed by atoms with Crippen LogP contribution >= 0.6 is 12.4 Å². The fourth-order valence-electron chi connectivity index (χ4n) is 2.52. The third-order valence-corrected chi connectivity index (χ3v) is 3.68. The molecule has 1 heterocycles. The molecule has 0 radical (unpaired) electrons. The van der Waals surface area contributed by atoms with Crippen molar-refractivity contribution in [1.29, 1.82) is 0 Å². The van der Waals surface area contributed by atoms with Crippen LogP contribution in [0.15, 0.2) is 18.2 Å². The molecule has 1 aromatic rings. The molecule has 5 heteroatoms. The SMILES string of the molecule is Cl.O=C(NC1CCc2c(F)cccc21)C1CNC1. The Morgan fingerprint density at radius 2 is 2.17 bits per heavy atom. The van der Waals surface area contributed by atoms with Crippen molar-refractivity contribution in [3.63, 3.8) is 0 Å². The van der Waals surface area contributed by atoms with Crippen molar-refractivity contribution >= 4 is 18.3 Å². The monoisotopic (exact) mass is 270 g/mol. The highest BCUT2D eigenvalue weighted by molar-refractivity contribution is 5.85. The van der Waals surface area contributed by atoms with Gasteiger partial charge in [0.2, 0.25) is 5.91 Å². The highest BCUT2D eigenvalue weighted by atomic mass is 35.5. The van der Waals surface area contributed by atoms with Crippen molar-refractivity contribution in [2.75, 3.05) is 13.1 Å². The molecule has 1 amide bonds. The van der Waals surface area contributed by atoms with Crippen LogP contribution in [0.4, 0.5) is 4.39 Å². The van der Waals surface area contributed by atoms with Crippen LogP contribution in [0.5, 0.6) is 0 Å². The van der Waals surface area contributed by atoms with E-state index in [0.717, 1.165) is 37.1 Å². The zero-order chi connectivity index (χ0) is 11.8. The average molecular weight is 271 g/mol. The van der Waals surface area contributed by atoms with E-state index in [1.165, 1.54) is 6.07 Å². The molecule has 0 saturated carbocycles. The molecule has 1 aromatic carbocycles. The second-order valence-electron chi connectivity index (χ2n) is 4.76. The first kappa shape index (κ1) is 13.3. The Balaban J connectivity index is 0.00000120. The molecule has 1 atom stereocenters. The van der Waals surface area contributed by atoms with Gasteiger partial charge in [0.1, 0.15) is 5.82 Å². The van der Waals surface area contributed by atoms with Gasteiger partial charge in [0, 0.05) is 13.1 Å². The molecule has 3 nitrogen and oxygen atoms in total. The van der Waals surface area contributed by atoms with E-state index in [1.807, 2.05) is 6.07 Å². The Labute approximate surface area is 112 Å². The van der Waals surface area contributed by atoms with E-state index >= 15 is 0 Å². The minimum atomic E-state index is -0.149. The Kier molecular flexibility index (Phi) is 3.88. The summed E-state index contributed by atoms with van der Waals surface area (Å²) in [5.41, 5.74) is 1.72. The molecule has 0 aromatic heterocycles. The predicted octanol–water partition coefficient (Wildman–Crippen LogP) is 1.57. The molecule has 1 aliphatic heterocycles. The molecule has 3 rings (SSSR count). The normalized spacial score (nSPS) is 21.7. The highest BCUT2D eigenvalue weighted by Crippen LogP contribution is 2.32. The molecule has 0 spiro atoms. The summed E-state index contributed by atoms with van der Waals surface area (Å²) in [7, 11) is 0. The van der Waals surface area contributed by atoms with Gasteiger partial charge in [-0.25, -0.2) is 4.39 Å². The molecule has 0 bridgehead atoms. The van der Waals surface area contributed by atoms with E-state index in [-0.39, 0.29) is 36.1 Å². The maximum absolute atomic E-state index is 13.5. The molecule has 18 heavy (non-hydrogen) atoms. The lowest BCUT2D eigenvalue weighted by Crippen LogP contribution is -2.51. The van der Waals surface area contributed by atoms with Crippen LogP contribution in [0.2, 0.25) is 0 Å². The van der Waals surface area contributed by atoms with Crippen LogP contribution in [0, 0.1) is 11.7 Å². The van der Waals surface area contributed by atoms with Crippen LogP contribution in [0.25, 0.3) is 0 Å². The Hall–Kier alpha value is -1.13. The van der Waals surface area contributed by atoms with Crippen molar-refractivity contribution in [1.82, 2.24) is 10.6 Å². The number of nitrogens with one attached hydrogen (secondary N) is 2. The number of benzene rings is 1. The summed E-state index contributed by atoms with van der Waals surface area (Å²) >= 11 is 0. The van der Waals surface area contributed by atoms with Crippen molar-refractivity contribution < 1.29 is 9.18 Å². The van der Waals surface area contributed by atoms with Crippen LogP contribution in [0.3, 0.4) is 0 Å². The number of halogens is 2. The third kappa shape index (κ3) is 2.22. The van der Waals surface area contributed by atoms with Crippen LogP contribution in [-0.4, -0.2) is 19.0 Å². The van der Waals surface area contributed by atoms with E-state index in [0.29, 0.717) is 0 Å². The summed E-state index contributed by atoms with van der Waals surface area (Å²) in [5.74, 6) is 0.0306. The van der Waals surface area contributed by atoms with Gasteiger partial charge in [-0.1, -0.05) is 12.1 Å². The minimum Gasteiger partial charge on any atom is -0.349 e. The van der Waals surface area contributed by atoms with Crippen molar-refractivity contribution in [3.8, 4) is 0 Å². The summed E-state index contributed by atoms with van der Waals surface area (Å²) in [6, 6.07) is 5.10. The quantitative estimate of drug-likeness (QED) is 0.857. The largest absolute Gasteiger partial charge is 0.349 e. The zero-order valence-corrected chi connectivity index (χ0v) is 10.7. The van der Waals surface area contributed by atoms with Gasteiger partial charge in [-0.15, -0.1) is 12.4 Å². The summed E-state index contributed by atoms with van der Waals surface area (Å²) in [4.78, 5) is 11.8. The standard InChI is InChI=1S/C13H15FN2O.ClH/c14-11-3-1-2-10-9(11)4-5-12(10)16-13(17)8-6-15-7-8;/h1-3,8,12,15H,4-7H2,(H,16,17);1H. The molecular formula is C13H16ClFN2O. The zero-order valence-electron chi connectivity index (χ0n) is 9.91. The maximum atomic E-state index is 13.5. The van der Waals surface area contributed by atoms with Crippen LogP contribution < -0.4 is 10.6 Å². The second kappa shape index (κ2) is 5.24. The van der Waals surface area contributed by atoms with Gasteiger partial charge in [0.25, 0.3) is 0 Å². The van der Waals surface area contributed by atoms with Gasteiger partial charge in [0.15, 0.2) is 0 Å². The van der Waals surface area contributed by atoms with Crippen LogP contribution in [0.1, 0.15) is 23.6 Å². The first-order chi connectivity index (χ1) is 8.25. The fraction of sp³-hybridized carbons (Fsp3) is 0.462. The summed E-state index contributed by atoms with van der Waals surface area (Å²) < 4.78 is 13.5. The number of rotatable bonds is 2. The lowest BCUT2D eigenvalue weighted by molar-refractivity contribution is -0.127. The number of hydrogen-bond acceptors (Lipinski definition) is 2. The number of fused-ring (bicyclic) bond motifs is 1. The third-order valence-electron chi connectivity index (χ3n) is 3.68. The van der Waals surface area contributed by atoms with Gasteiger partial charge in [-0.3, -0.25) is 4.79 Å². The lowest BCUT2D eigenvalue weighted by Gasteiger charge is -2.27. The van der Waals surface area contributed by atoms with Gasteiger partial charge in [-0.05, 0) is 30.0 Å². The smallest absolute Gasteiger partial charge is 0.226 e. The minimum absolute atomic E-state index is 0. The van der Waals surface area contributed by atoms with Gasteiger partial charge < -0.3 is 10.6 Å². The Bertz CT molecular complexity index is 462. The van der Waals surface area contributed by atoms with E-state index in [2.05, 4.69) is 10.6 Å². The lowest BCUT2D eigenvalue weighted by atomic mass is 10.0. The van der Waals surface area contributed by atoms with E-state index in [9.17, 15) is 9.18 Å². The molecule has 98 valence electrons. The van der Waals surface area contributed by atoms with E-state index in [4.69, 9.17) is 0 Å². The molecule has 1 aliphatic carbocycles. The van der Waals surface area contributed by atoms with Crippen molar-refractivity contribution in [2.45, 2.75) is 18.9 Å². The summed E-state index contributed by atoms with van der Waals surface area (Å²) in [6.45, 7) is 1.52. The first-order valence-electron chi connectivity index (χ1n) is 6.04. The molecule has 1 saturated heterocycles. The molecular weight excluding hydrogens is 255 g/mol. The van der Waals surface area contributed by atoms with E-state index in [1.54, 1.807) is 6.07 Å². The number of carbonyl (C=O) groups is 1. The predicted molar refractivity (Wildman–Crippen MR) is 69.2 cm³/mol. The molecule has 1 fully saturated rings. The summed E-state index contributed by atoms with van der Waals surface area (Å²) in [6.07, 6.45) is 1.53. The maximum Gasteiger partial charge on any atom is 0.226 e. The van der Waals surface area contributed by atoms with Crippen molar-refractivity contribution in [2.24, 2.45) is 5.92 Å². The summed E-state index contributed by atoms with van der Waals surface area (Å²) in [5, 5.41) is 6.09. The fourth-order valence-corrected chi connectivity index (χ4v) is 2.52. The van der Waals surface area contributed by atoms with Gasteiger partial charge in [0.05, 0.1) is 12.0 Å². The molecule has 1 unspecified atom stereocenters. The number of carbonyl (C=O) groups excluding carboxylic acids is 1. The van der Waals surface area contributed by atoms with Crippen LogP contribution in [-0.2, 0) is 11.2 Å². The second-order valence-corrected chi connectivity index (χ2v) is 4.76. The van der Waals surface area contributed by atoms with Gasteiger partial charge in [-0.2, -0.15) is 0 Å². The molecule has 2 aliphatic rings. The first-order valence-corrected chi connectivity index (χ1v) is 6.04. The van der Waals surface area contributed by atoms with Gasteiger partial charge >= 0.3 is 0 Å². The van der Waals surface area contributed by atoms with E-state index < -0.39 is 0 Å². The Morgan fingerprint density at radius 3 is 2.83 bits per heavy atom. The van der Waals surface area contributed by atoms with Crippen molar-refractivity contribution in [3.05, 3.63) is 35.1 Å². The topological polar surface area (TPSA) is 41.1 Å².